The molecule has 0 bridgehead atoms. The van der Waals surface area contributed by atoms with Gasteiger partial charge in [0.2, 0.25) is 0 Å². The summed E-state index contributed by atoms with van der Waals surface area (Å²) in [6.07, 6.45) is 0.158. The Morgan fingerprint density at radius 1 is 1.46 bits per heavy atom. The smallest absolute Gasteiger partial charge is 0.252 e. The fourth-order valence-corrected chi connectivity index (χ4v) is 0.750. The molecular weight excluding hydrogens is 170 g/mol. The Labute approximate surface area is 77.3 Å². The zero-order valence-corrected chi connectivity index (χ0v) is 8.15. The molecule has 0 aliphatic rings. The highest BCUT2D eigenvalue weighted by Gasteiger charge is 2.09. The van der Waals surface area contributed by atoms with Crippen molar-refractivity contribution in [3.63, 3.8) is 0 Å². The molecule has 0 aliphatic heterocycles. The first-order chi connectivity index (χ1) is 6.09. The molecule has 5 heteroatoms. The topological polar surface area (TPSA) is 74.2 Å². The van der Waals surface area contributed by atoms with E-state index in [0.29, 0.717) is 18.3 Å². The van der Waals surface area contributed by atoms with Crippen LogP contribution in [0.3, 0.4) is 0 Å². The van der Waals surface area contributed by atoms with Crippen LogP contribution in [0.2, 0.25) is 0 Å². The summed E-state index contributed by atoms with van der Waals surface area (Å²) < 4.78 is 10.2. The second-order valence-electron chi connectivity index (χ2n) is 3.19. The van der Waals surface area contributed by atoms with Crippen molar-refractivity contribution in [1.82, 2.24) is 10.1 Å². The molecule has 0 amide bonds. The first kappa shape index (κ1) is 10.1. The monoisotopic (exact) mass is 185 g/mol. The molecule has 0 fully saturated rings. The summed E-state index contributed by atoms with van der Waals surface area (Å²) in [6.45, 7) is 6.04. The van der Waals surface area contributed by atoms with Gasteiger partial charge in [-0.3, -0.25) is 0 Å². The average Bonchev–Trinajstić information content (AvgIpc) is 2.48. The van der Waals surface area contributed by atoms with Crippen LogP contribution in [0.25, 0.3) is 0 Å². The Morgan fingerprint density at radius 3 is 2.62 bits per heavy atom. The van der Waals surface area contributed by atoms with Gasteiger partial charge in [-0.05, 0) is 20.8 Å². The zero-order chi connectivity index (χ0) is 9.84. The average molecular weight is 185 g/mol. The van der Waals surface area contributed by atoms with E-state index in [2.05, 4.69) is 10.1 Å². The lowest BCUT2D eigenvalue weighted by Gasteiger charge is -2.02. The van der Waals surface area contributed by atoms with Gasteiger partial charge in [0.05, 0.1) is 12.1 Å². The third kappa shape index (κ3) is 3.12. The molecule has 74 valence electrons. The molecule has 1 rings (SSSR count). The van der Waals surface area contributed by atoms with Crippen molar-refractivity contribution in [2.24, 2.45) is 5.73 Å². The van der Waals surface area contributed by atoms with Crippen LogP contribution < -0.4 is 5.73 Å². The number of hydrogen-bond acceptors (Lipinski definition) is 5. The lowest BCUT2D eigenvalue weighted by Crippen LogP contribution is -2.07. The molecule has 13 heavy (non-hydrogen) atoms. The van der Waals surface area contributed by atoms with Crippen LogP contribution in [0.5, 0.6) is 0 Å². The number of rotatable bonds is 4. The van der Waals surface area contributed by atoms with Crippen molar-refractivity contribution in [3.8, 4) is 0 Å². The van der Waals surface area contributed by atoms with Crippen molar-refractivity contribution >= 4 is 0 Å². The highest BCUT2D eigenvalue weighted by Crippen LogP contribution is 2.06. The van der Waals surface area contributed by atoms with Crippen molar-refractivity contribution in [3.05, 3.63) is 11.7 Å². The van der Waals surface area contributed by atoms with Gasteiger partial charge in [0, 0.05) is 0 Å². The van der Waals surface area contributed by atoms with E-state index in [-0.39, 0.29) is 12.1 Å². The van der Waals surface area contributed by atoms with Gasteiger partial charge in [0.25, 0.3) is 5.89 Å². The summed E-state index contributed by atoms with van der Waals surface area (Å²) in [5.41, 5.74) is 5.56. The van der Waals surface area contributed by atoms with E-state index in [1.165, 1.54) is 0 Å². The molecule has 2 N–H and O–H groups in total. The lowest BCUT2D eigenvalue weighted by atomic mass is 10.3. The van der Waals surface area contributed by atoms with Gasteiger partial charge in [-0.25, -0.2) is 0 Å². The molecule has 1 aromatic heterocycles. The van der Waals surface area contributed by atoms with Gasteiger partial charge in [0.1, 0.15) is 6.61 Å². The molecule has 5 nitrogen and oxygen atoms in total. The second kappa shape index (κ2) is 4.34. The molecule has 0 spiro atoms. The third-order valence-electron chi connectivity index (χ3n) is 1.43. The predicted molar refractivity (Wildman–Crippen MR) is 46.8 cm³/mol. The number of aromatic nitrogens is 2. The Morgan fingerprint density at radius 2 is 2.15 bits per heavy atom. The largest absolute Gasteiger partial charge is 0.369 e. The Kier molecular flexibility index (Phi) is 3.39. The van der Waals surface area contributed by atoms with Gasteiger partial charge in [0.15, 0.2) is 5.82 Å². The molecule has 0 saturated carbocycles. The van der Waals surface area contributed by atoms with E-state index in [9.17, 15) is 0 Å². The molecule has 0 radical (unpaired) electrons. The van der Waals surface area contributed by atoms with Crippen molar-refractivity contribution in [2.45, 2.75) is 39.5 Å². The van der Waals surface area contributed by atoms with E-state index in [0.717, 1.165) is 0 Å². The first-order valence-electron chi connectivity index (χ1n) is 4.29. The van der Waals surface area contributed by atoms with E-state index >= 15 is 0 Å². The lowest BCUT2D eigenvalue weighted by molar-refractivity contribution is 0.0485. The molecule has 1 atom stereocenters. The minimum absolute atomic E-state index is 0.158. The SMILES string of the molecule is CC(C)OCc1nc([C@@H](C)N)no1. The summed E-state index contributed by atoms with van der Waals surface area (Å²) >= 11 is 0. The van der Waals surface area contributed by atoms with Gasteiger partial charge in [-0.2, -0.15) is 4.98 Å². The van der Waals surface area contributed by atoms with Gasteiger partial charge in [-0.1, -0.05) is 5.16 Å². The molecule has 1 aromatic rings. The Balaban J connectivity index is 2.49. The van der Waals surface area contributed by atoms with Crippen LogP contribution in [0.1, 0.15) is 38.5 Å². The number of nitrogens with two attached hydrogens (primary N) is 1. The van der Waals surface area contributed by atoms with E-state index in [1.54, 1.807) is 6.92 Å². The van der Waals surface area contributed by atoms with E-state index in [4.69, 9.17) is 15.0 Å². The quantitative estimate of drug-likeness (QED) is 0.757. The normalized spacial score (nSPS) is 13.6. The summed E-state index contributed by atoms with van der Waals surface area (Å²) in [5.74, 6) is 0.989. The maximum Gasteiger partial charge on any atom is 0.252 e. The van der Waals surface area contributed by atoms with Crippen molar-refractivity contribution < 1.29 is 9.26 Å². The predicted octanol–water partition coefficient (Wildman–Crippen LogP) is 1.01. The summed E-state index contributed by atoms with van der Waals surface area (Å²) in [7, 11) is 0. The first-order valence-corrected chi connectivity index (χ1v) is 4.29. The molecule has 0 unspecified atom stereocenters. The highest BCUT2D eigenvalue weighted by molar-refractivity contribution is 4.89. The maximum atomic E-state index is 5.56. The van der Waals surface area contributed by atoms with Crippen LogP contribution in [0, 0.1) is 0 Å². The third-order valence-corrected chi connectivity index (χ3v) is 1.43. The van der Waals surface area contributed by atoms with Gasteiger partial charge < -0.3 is 15.0 Å². The summed E-state index contributed by atoms with van der Waals surface area (Å²) in [5, 5.41) is 3.70. The fourth-order valence-electron chi connectivity index (χ4n) is 0.750. The zero-order valence-electron chi connectivity index (χ0n) is 8.15. The molecular formula is C8H15N3O2. The van der Waals surface area contributed by atoms with Crippen LogP contribution in [0.15, 0.2) is 4.52 Å². The van der Waals surface area contributed by atoms with Crippen LogP contribution in [-0.4, -0.2) is 16.2 Å². The molecule has 0 saturated heterocycles. The highest BCUT2D eigenvalue weighted by atomic mass is 16.5. The minimum Gasteiger partial charge on any atom is -0.369 e. The number of ether oxygens (including phenoxy) is 1. The van der Waals surface area contributed by atoms with Gasteiger partial charge in [-0.15, -0.1) is 0 Å². The van der Waals surface area contributed by atoms with Crippen LogP contribution in [0.4, 0.5) is 0 Å². The maximum absolute atomic E-state index is 5.56. The Bertz CT molecular complexity index is 258. The molecule has 1 heterocycles. The minimum atomic E-state index is -0.198. The van der Waals surface area contributed by atoms with Crippen LogP contribution >= 0.6 is 0 Å². The van der Waals surface area contributed by atoms with E-state index in [1.807, 2.05) is 13.8 Å². The summed E-state index contributed by atoms with van der Waals surface area (Å²) in [4.78, 5) is 4.05. The number of hydrogen-bond donors (Lipinski definition) is 1. The molecule has 0 aromatic carbocycles. The van der Waals surface area contributed by atoms with Crippen molar-refractivity contribution in [1.29, 1.82) is 0 Å². The second-order valence-corrected chi connectivity index (χ2v) is 3.19. The van der Waals surface area contributed by atoms with Gasteiger partial charge >= 0.3 is 0 Å². The fraction of sp³-hybridized carbons (Fsp3) is 0.750. The van der Waals surface area contributed by atoms with Crippen LogP contribution in [-0.2, 0) is 11.3 Å². The Hall–Kier alpha value is -0.940. The van der Waals surface area contributed by atoms with Crippen molar-refractivity contribution in [2.75, 3.05) is 0 Å². The standard InChI is InChI=1S/C8H15N3O2/c1-5(2)12-4-7-10-8(6(3)9)11-13-7/h5-6H,4,9H2,1-3H3/t6-/m1/s1. The number of nitrogens with zero attached hydrogens (tertiary/aromatic N) is 2. The van der Waals surface area contributed by atoms with E-state index < -0.39 is 0 Å². The summed E-state index contributed by atoms with van der Waals surface area (Å²) in [6, 6.07) is -0.198. The molecule has 0 aliphatic carbocycles.